The number of nitrogens with one attached hydrogen (secondary N) is 1. The third kappa shape index (κ3) is 4.46. The molecular formula is C11H18F3N5. The van der Waals surface area contributed by atoms with E-state index in [1.54, 1.807) is 10.9 Å². The van der Waals surface area contributed by atoms with Crippen LogP contribution < -0.4 is 5.32 Å². The lowest BCUT2D eigenvalue weighted by molar-refractivity contribution is -0.143. The van der Waals surface area contributed by atoms with Crippen molar-refractivity contribution in [2.24, 2.45) is 13.0 Å². The predicted octanol–water partition coefficient (Wildman–Crippen LogP) is 0.789. The standard InChI is InChI=1S/C11H18F3N5/c1-18-10(6-16-17-18)5-15-4-9-2-3-19(7-9)8-11(12,13)14/h6,9,15H,2-5,7-8H2,1H3. The molecule has 2 heterocycles. The van der Waals surface area contributed by atoms with E-state index in [0.29, 0.717) is 19.6 Å². The van der Waals surface area contributed by atoms with E-state index in [-0.39, 0.29) is 5.92 Å². The highest BCUT2D eigenvalue weighted by Crippen LogP contribution is 2.22. The Morgan fingerprint density at radius 2 is 2.26 bits per heavy atom. The molecule has 5 nitrogen and oxygen atoms in total. The van der Waals surface area contributed by atoms with Gasteiger partial charge in [-0.05, 0) is 25.4 Å². The Labute approximate surface area is 109 Å². The molecule has 1 saturated heterocycles. The fourth-order valence-electron chi connectivity index (χ4n) is 2.35. The van der Waals surface area contributed by atoms with Crippen molar-refractivity contribution in [2.45, 2.75) is 19.1 Å². The molecule has 0 amide bonds. The van der Waals surface area contributed by atoms with Gasteiger partial charge in [0.05, 0.1) is 18.4 Å². The van der Waals surface area contributed by atoms with Crippen molar-refractivity contribution in [1.82, 2.24) is 25.2 Å². The summed E-state index contributed by atoms with van der Waals surface area (Å²) in [5.41, 5.74) is 0.963. The second-order valence-electron chi connectivity index (χ2n) is 4.98. The van der Waals surface area contributed by atoms with Crippen molar-refractivity contribution >= 4 is 0 Å². The number of halogens is 3. The zero-order valence-corrected chi connectivity index (χ0v) is 10.8. The fraction of sp³-hybridized carbons (Fsp3) is 0.818. The number of likely N-dealkylation sites (tertiary alicyclic amines) is 1. The molecule has 1 aliphatic heterocycles. The molecule has 0 saturated carbocycles. The quantitative estimate of drug-likeness (QED) is 0.864. The fourth-order valence-corrected chi connectivity index (χ4v) is 2.35. The highest BCUT2D eigenvalue weighted by Gasteiger charge is 2.34. The maximum atomic E-state index is 12.2. The molecule has 2 rings (SSSR count). The minimum atomic E-state index is -4.09. The predicted molar refractivity (Wildman–Crippen MR) is 63.3 cm³/mol. The summed E-state index contributed by atoms with van der Waals surface area (Å²) in [5.74, 6) is 0.281. The molecule has 19 heavy (non-hydrogen) atoms. The molecule has 1 aromatic heterocycles. The van der Waals surface area contributed by atoms with Crippen molar-refractivity contribution in [2.75, 3.05) is 26.2 Å². The third-order valence-corrected chi connectivity index (χ3v) is 3.32. The smallest absolute Gasteiger partial charge is 0.311 e. The highest BCUT2D eigenvalue weighted by atomic mass is 19.4. The van der Waals surface area contributed by atoms with Gasteiger partial charge in [-0.2, -0.15) is 13.2 Å². The second-order valence-corrected chi connectivity index (χ2v) is 4.98. The van der Waals surface area contributed by atoms with E-state index in [0.717, 1.165) is 18.7 Å². The van der Waals surface area contributed by atoms with Crippen LogP contribution in [-0.2, 0) is 13.6 Å². The van der Waals surface area contributed by atoms with Crippen LogP contribution in [0.5, 0.6) is 0 Å². The molecule has 0 radical (unpaired) electrons. The van der Waals surface area contributed by atoms with Crippen LogP contribution in [0.1, 0.15) is 12.1 Å². The Morgan fingerprint density at radius 1 is 1.47 bits per heavy atom. The zero-order valence-electron chi connectivity index (χ0n) is 10.8. The molecule has 1 unspecified atom stereocenters. The molecule has 1 fully saturated rings. The highest BCUT2D eigenvalue weighted by molar-refractivity contribution is 4.92. The van der Waals surface area contributed by atoms with Crippen molar-refractivity contribution in [3.05, 3.63) is 11.9 Å². The van der Waals surface area contributed by atoms with Crippen LogP contribution >= 0.6 is 0 Å². The van der Waals surface area contributed by atoms with E-state index in [1.165, 1.54) is 4.90 Å². The first-order chi connectivity index (χ1) is 8.94. The number of rotatable bonds is 5. The van der Waals surface area contributed by atoms with Crippen LogP contribution in [0.15, 0.2) is 6.20 Å². The van der Waals surface area contributed by atoms with Crippen LogP contribution in [0, 0.1) is 5.92 Å². The number of alkyl halides is 3. The van der Waals surface area contributed by atoms with E-state index in [9.17, 15) is 13.2 Å². The third-order valence-electron chi connectivity index (χ3n) is 3.32. The maximum Gasteiger partial charge on any atom is 0.401 e. The molecule has 1 N–H and O–H groups in total. The van der Waals surface area contributed by atoms with Crippen molar-refractivity contribution in [3.63, 3.8) is 0 Å². The first-order valence-corrected chi connectivity index (χ1v) is 6.27. The van der Waals surface area contributed by atoms with E-state index in [4.69, 9.17) is 0 Å². The molecule has 0 bridgehead atoms. The summed E-state index contributed by atoms with van der Waals surface area (Å²) in [7, 11) is 1.81. The topological polar surface area (TPSA) is 46.0 Å². The van der Waals surface area contributed by atoms with E-state index in [1.807, 2.05) is 7.05 Å². The first kappa shape index (κ1) is 14.3. The van der Waals surface area contributed by atoms with E-state index < -0.39 is 12.7 Å². The van der Waals surface area contributed by atoms with Crippen LogP contribution in [0.3, 0.4) is 0 Å². The second kappa shape index (κ2) is 5.87. The number of hydrogen-bond donors (Lipinski definition) is 1. The molecule has 1 aliphatic rings. The van der Waals surface area contributed by atoms with Gasteiger partial charge in [0.2, 0.25) is 0 Å². The van der Waals surface area contributed by atoms with Gasteiger partial charge in [-0.15, -0.1) is 5.10 Å². The molecule has 108 valence electrons. The van der Waals surface area contributed by atoms with Crippen molar-refractivity contribution in [3.8, 4) is 0 Å². The van der Waals surface area contributed by atoms with Gasteiger partial charge in [0, 0.05) is 20.1 Å². The average molecular weight is 277 g/mol. The summed E-state index contributed by atoms with van der Waals surface area (Å²) >= 11 is 0. The molecule has 1 atom stereocenters. The Hall–Kier alpha value is -1.15. The van der Waals surface area contributed by atoms with Gasteiger partial charge in [0.1, 0.15) is 0 Å². The summed E-state index contributed by atoms with van der Waals surface area (Å²) in [6.07, 6.45) is -1.60. The molecule has 8 heteroatoms. The number of aryl methyl sites for hydroxylation is 1. The van der Waals surface area contributed by atoms with E-state index >= 15 is 0 Å². The van der Waals surface area contributed by atoms with Crippen LogP contribution in [0.25, 0.3) is 0 Å². The average Bonchev–Trinajstić information content (AvgIpc) is 2.87. The largest absolute Gasteiger partial charge is 0.401 e. The van der Waals surface area contributed by atoms with Crippen LogP contribution in [-0.4, -0.2) is 52.2 Å². The normalized spacial score (nSPS) is 21.2. The molecule has 1 aromatic rings. The Kier molecular flexibility index (Phi) is 4.41. The zero-order chi connectivity index (χ0) is 13.9. The lowest BCUT2D eigenvalue weighted by Gasteiger charge is -2.18. The van der Waals surface area contributed by atoms with Gasteiger partial charge in [-0.25, -0.2) is 0 Å². The van der Waals surface area contributed by atoms with Gasteiger partial charge in [-0.3, -0.25) is 9.58 Å². The summed E-state index contributed by atoms with van der Waals surface area (Å²) in [6.45, 7) is 1.60. The lowest BCUT2D eigenvalue weighted by atomic mass is 10.1. The summed E-state index contributed by atoms with van der Waals surface area (Å²) in [6, 6.07) is 0. The molecule has 0 spiro atoms. The molecule has 0 aliphatic carbocycles. The lowest BCUT2D eigenvalue weighted by Crippen LogP contribution is -2.33. The minimum Gasteiger partial charge on any atom is -0.311 e. The van der Waals surface area contributed by atoms with E-state index in [2.05, 4.69) is 15.6 Å². The maximum absolute atomic E-state index is 12.2. The SMILES string of the molecule is Cn1nncc1CNCC1CCN(CC(F)(F)F)C1. The van der Waals surface area contributed by atoms with Crippen LogP contribution in [0.2, 0.25) is 0 Å². The Morgan fingerprint density at radius 3 is 2.89 bits per heavy atom. The van der Waals surface area contributed by atoms with Crippen molar-refractivity contribution < 1.29 is 13.2 Å². The summed E-state index contributed by atoms with van der Waals surface area (Å²) < 4.78 is 38.4. The number of hydrogen-bond acceptors (Lipinski definition) is 4. The van der Waals surface area contributed by atoms with Gasteiger partial charge in [0.15, 0.2) is 0 Å². The van der Waals surface area contributed by atoms with Crippen LogP contribution in [0.4, 0.5) is 13.2 Å². The summed E-state index contributed by atoms with van der Waals surface area (Å²) in [5, 5.41) is 10.8. The van der Waals surface area contributed by atoms with Gasteiger partial charge < -0.3 is 5.32 Å². The Balaban J connectivity index is 1.67. The van der Waals surface area contributed by atoms with Crippen molar-refractivity contribution in [1.29, 1.82) is 0 Å². The summed E-state index contributed by atoms with van der Waals surface area (Å²) in [4.78, 5) is 1.47. The van der Waals surface area contributed by atoms with Gasteiger partial charge >= 0.3 is 6.18 Å². The monoisotopic (exact) mass is 277 g/mol. The number of aromatic nitrogens is 3. The number of nitrogens with zero attached hydrogens (tertiary/aromatic N) is 4. The van der Waals surface area contributed by atoms with Gasteiger partial charge in [-0.1, -0.05) is 5.21 Å². The first-order valence-electron chi connectivity index (χ1n) is 6.27. The molecule has 0 aromatic carbocycles. The van der Waals surface area contributed by atoms with Gasteiger partial charge in [0.25, 0.3) is 0 Å². The molecular weight excluding hydrogens is 259 g/mol. The minimum absolute atomic E-state index is 0.281. The Bertz CT molecular complexity index is 403.